The summed E-state index contributed by atoms with van der Waals surface area (Å²) < 4.78 is 6.50. The van der Waals surface area contributed by atoms with E-state index in [4.69, 9.17) is 4.74 Å². The molecule has 0 spiro atoms. The van der Waals surface area contributed by atoms with Crippen molar-refractivity contribution in [2.75, 3.05) is 0 Å². The normalized spacial score (nSPS) is 12.3. The van der Waals surface area contributed by atoms with E-state index < -0.39 is 5.91 Å². The molecule has 0 bridgehead atoms. The van der Waals surface area contributed by atoms with Gasteiger partial charge in [0.1, 0.15) is 17.1 Å². The van der Waals surface area contributed by atoms with Gasteiger partial charge in [-0.15, -0.1) is 0 Å². The Morgan fingerprint density at radius 1 is 1.00 bits per heavy atom. The molecule has 9 nitrogen and oxygen atoms in total. The summed E-state index contributed by atoms with van der Waals surface area (Å²) in [7, 11) is 0. The zero-order chi connectivity index (χ0) is 23.7. The van der Waals surface area contributed by atoms with Gasteiger partial charge in [0, 0.05) is 30.8 Å². The van der Waals surface area contributed by atoms with Gasteiger partial charge in [0.25, 0.3) is 11.8 Å². The minimum absolute atomic E-state index is 0.105. The molecule has 4 aromatic rings. The average Bonchev–Trinajstić information content (AvgIpc) is 3.45. The van der Waals surface area contributed by atoms with Crippen molar-refractivity contribution in [3.63, 3.8) is 0 Å². The number of benzene rings is 2. The minimum Gasteiger partial charge on any atom is -0.426 e. The van der Waals surface area contributed by atoms with E-state index >= 15 is 0 Å². The number of amides is 2. The molecule has 3 heterocycles. The van der Waals surface area contributed by atoms with Crippen molar-refractivity contribution < 1.29 is 19.1 Å². The van der Waals surface area contributed by atoms with E-state index in [9.17, 15) is 14.4 Å². The number of aryl methyl sites for hydroxylation is 1. The van der Waals surface area contributed by atoms with Gasteiger partial charge in [-0.2, -0.15) is 5.10 Å². The number of nitrogens with one attached hydrogen (secondary N) is 2. The molecule has 0 unspecified atom stereocenters. The van der Waals surface area contributed by atoms with Crippen LogP contribution < -0.4 is 15.4 Å². The second kappa shape index (κ2) is 8.78. The van der Waals surface area contributed by atoms with Crippen LogP contribution in [0.4, 0.5) is 0 Å². The Bertz CT molecular complexity index is 1440. The highest BCUT2D eigenvalue weighted by Gasteiger charge is 2.21. The predicted molar refractivity (Wildman–Crippen MR) is 122 cm³/mol. The first-order chi connectivity index (χ1) is 16.5. The molecule has 170 valence electrons. The van der Waals surface area contributed by atoms with Crippen LogP contribution in [0.2, 0.25) is 0 Å². The van der Waals surface area contributed by atoms with Gasteiger partial charge >= 0.3 is 5.97 Å². The van der Waals surface area contributed by atoms with Gasteiger partial charge in [0.15, 0.2) is 5.65 Å². The van der Waals surface area contributed by atoms with Gasteiger partial charge in [-0.25, -0.2) is 9.50 Å². The Balaban J connectivity index is 1.31. The van der Waals surface area contributed by atoms with Gasteiger partial charge in [-0.1, -0.05) is 35.9 Å². The molecule has 0 saturated carbocycles. The third-order valence-electron chi connectivity index (χ3n) is 5.50. The van der Waals surface area contributed by atoms with Crippen LogP contribution in [0.25, 0.3) is 5.65 Å². The Morgan fingerprint density at radius 2 is 1.79 bits per heavy atom. The highest BCUT2D eigenvalue weighted by Crippen LogP contribution is 2.26. The lowest BCUT2D eigenvalue weighted by Gasteiger charge is -2.10. The first kappa shape index (κ1) is 21.3. The zero-order valence-corrected chi connectivity index (χ0v) is 18.4. The predicted octanol–water partition coefficient (Wildman–Crippen LogP) is 2.36. The van der Waals surface area contributed by atoms with E-state index in [1.807, 2.05) is 37.3 Å². The second-order valence-electron chi connectivity index (χ2n) is 8.08. The third-order valence-corrected chi connectivity index (χ3v) is 5.50. The number of carbonyl (C=O) groups is 3. The molecule has 0 aliphatic carbocycles. The molecule has 0 atom stereocenters. The standard InChI is InChI=1S/C25H21N5O4/c1-15-3-2-4-16(9-15)13-27-25(33)20-12-19(29-22-7-8-28-30(20)22)24(32)26-14-17-5-6-21-18(10-17)11-23(31)34-21/h2-10,12H,11,13-14H2,1H3,(H,26,32)(H,27,33). The minimum atomic E-state index is -0.427. The number of esters is 1. The molecule has 0 saturated heterocycles. The molecule has 2 amide bonds. The fraction of sp³-hybridized carbons (Fsp3) is 0.160. The van der Waals surface area contributed by atoms with Crippen molar-refractivity contribution >= 4 is 23.4 Å². The fourth-order valence-corrected chi connectivity index (χ4v) is 3.85. The summed E-state index contributed by atoms with van der Waals surface area (Å²) >= 11 is 0. The number of carbonyl (C=O) groups excluding carboxylic acids is 3. The summed E-state index contributed by atoms with van der Waals surface area (Å²) in [5, 5.41) is 9.86. The molecule has 1 aliphatic rings. The van der Waals surface area contributed by atoms with Crippen LogP contribution in [-0.2, 0) is 24.3 Å². The summed E-state index contributed by atoms with van der Waals surface area (Å²) in [6, 6.07) is 16.2. The quantitative estimate of drug-likeness (QED) is 0.341. The summed E-state index contributed by atoms with van der Waals surface area (Å²) in [5.74, 6) is -0.531. The Labute approximate surface area is 194 Å². The smallest absolute Gasteiger partial charge is 0.315 e. The second-order valence-corrected chi connectivity index (χ2v) is 8.08. The molecule has 0 fully saturated rings. The number of hydrogen-bond donors (Lipinski definition) is 2. The van der Waals surface area contributed by atoms with Crippen LogP contribution in [0.15, 0.2) is 60.8 Å². The summed E-state index contributed by atoms with van der Waals surface area (Å²) in [6.07, 6.45) is 1.74. The number of fused-ring (bicyclic) bond motifs is 2. The molecule has 9 heteroatoms. The van der Waals surface area contributed by atoms with Crippen LogP contribution in [0.5, 0.6) is 5.75 Å². The molecule has 5 rings (SSSR count). The fourth-order valence-electron chi connectivity index (χ4n) is 3.85. The summed E-state index contributed by atoms with van der Waals surface area (Å²) in [5.41, 5.74) is 4.40. The van der Waals surface area contributed by atoms with Gasteiger partial charge in [-0.3, -0.25) is 14.4 Å². The van der Waals surface area contributed by atoms with Crippen molar-refractivity contribution in [1.82, 2.24) is 25.2 Å². The molecule has 2 N–H and O–H groups in total. The molecule has 0 radical (unpaired) electrons. The van der Waals surface area contributed by atoms with Crippen molar-refractivity contribution in [2.45, 2.75) is 26.4 Å². The Morgan fingerprint density at radius 3 is 2.62 bits per heavy atom. The van der Waals surface area contributed by atoms with Gasteiger partial charge < -0.3 is 15.4 Å². The van der Waals surface area contributed by atoms with Crippen molar-refractivity contribution in [1.29, 1.82) is 0 Å². The molecule has 2 aromatic heterocycles. The van der Waals surface area contributed by atoms with Crippen LogP contribution in [0.3, 0.4) is 0 Å². The summed E-state index contributed by atoms with van der Waals surface area (Å²) in [6.45, 7) is 2.57. The van der Waals surface area contributed by atoms with Gasteiger partial charge in [0.05, 0.1) is 12.6 Å². The average molecular weight is 455 g/mol. The zero-order valence-electron chi connectivity index (χ0n) is 18.4. The van der Waals surface area contributed by atoms with Crippen LogP contribution in [-0.4, -0.2) is 32.4 Å². The molecular formula is C25H21N5O4. The lowest BCUT2D eigenvalue weighted by atomic mass is 10.1. The number of hydrogen-bond acceptors (Lipinski definition) is 6. The highest BCUT2D eigenvalue weighted by molar-refractivity contribution is 5.98. The third kappa shape index (κ3) is 4.36. The topological polar surface area (TPSA) is 115 Å². The lowest BCUT2D eigenvalue weighted by Crippen LogP contribution is -2.28. The molecular weight excluding hydrogens is 434 g/mol. The first-order valence-corrected chi connectivity index (χ1v) is 10.8. The van der Waals surface area contributed by atoms with E-state index in [0.29, 0.717) is 17.9 Å². The Kier molecular flexibility index (Phi) is 5.51. The van der Waals surface area contributed by atoms with Crippen molar-refractivity contribution in [2.24, 2.45) is 0 Å². The molecule has 2 aromatic carbocycles. The van der Waals surface area contributed by atoms with Crippen LogP contribution in [0, 0.1) is 6.92 Å². The highest BCUT2D eigenvalue weighted by atomic mass is 16.5. The summed E-state index contributed by atoms with van der Waals surface area (Å²) in [4.78, 5) is 41.5. The lowest BCUT2D eigenvalue weighted by molar-refractivity contribution is -0.131. The van der Waals surface area contributed by atoms with Crippen LogP contribution >= 0.6 is 0 Å². The van der Waals surface area contributed by atoms with Crippen molar-refractivity contribution in [3.05, 3.63) is 94.4 Å². The number of aromatic nitrogens is 3. The Hall–Kier alpha value is -4.53. The molecule has 1 aliphatic heterocycles. The van der Waals surface area contributed by atoms with Crippen molar-refractivity contribution in [3.8, 4) is 5.75 Å². The van der Waals surface area contributed by atoms with E-state index in [2.05, 4.69) is 20.7 Å². The largest absolute Gasteiger partial charge is 0.426 e. The number of nitrogens with zero attached hydrogens (tertiary/aromatic N) is 3. The van der Waals surface area contributed by atoms with E-state index in [1.165, 1.54) is 16.8 Å². The SMILES string of the molecule is Cc1cccc(CNC(=O)c2cc(C(=O)NCc3ccc4c(c3)CC(=O)O4)nc3ccnn23)c1. The van der Waals surface area contributed by atoms with E-state index in [-0.39, 0.29) is 36.2 Å². The maximum Gasteiger partial charge on any atom is 0.315 e. The number of rotatable bonds is 6. The van der Waals surface area contributed by atoms with Crippen LogP contribution in [0.1, 0.15) is 43.2 Å². The maximum absolute atomic E-state index is 12.9. The van der Waals surface area contributed by atoms with E-state index in [0.717, 1.165) is 22.3 Å². The van der Waals surface area contributed by atoms with Gasteiger partial charge in [-0.05, 0) is 30.2 Å². The number of ether oxygens (including phenoxy) is 1. The maximum atomic E-state index is 12.9. The van der Waals surface area contributed by atoms with E-state index in [1.54, 1.807) is 18.2 Å². The monoisotopic (exact) mass is 455 g/mol. The van der Waals surface area contributed by atoms with Gasteiger partial charge in [0.2, 0.25) is 0 Å². The molecule has 34 heavy (non-hydrogen) atoms. The first-order valence-electron chi connectivity index (χ1n) is 10.8.